The Bertz CT molecular complexity index is 1300. The van der Waals surface area contributed by atoms with Gasteiger partial charge in [-0.25, -0.2) is 18.0 Å². The third kappa shape index (κ3) is 7.62. The van der Waals surface area contributed by atoms with Crippen LogP contribution in [0.4, 0.5) is 14.6 Å². The number of thioether (sulfide) groups is 1. The number of alkyl halides is 2. The van der Waals surface area contributed by atoms with E-state index in [1.165, 1.54) is 37.3 Å². The van der Waals surface area contributed by atoms with E-state index in [2.05, 4.69) is 43.0 Å². The Hall–Kier alpha value is -3.28. The van der Waals surface area contributed by atoms with Crippen LogP contribution in [0.15, 0.2) is 29.6 Å². The number of aromatic nitrogens is 2. The van der Waals surface area contributed by atoms with Crippen LogP contribution in [0.25, 0.3) is 11.1 Å². The van der Waals surface area contributed by atoms with E-state index in [-0.39, 0.29) is 28.0 Å². The average molecular weight is 565 g/mol. The zero-order valence-electron chi connectivity index (χ0n) is 20.4. The van der Waals surface area contributed by atoms with Crippen molar-refractivity contribution in [1.29, 1.82) is 0 Å². The molecule has 2 aromatic heterocycles. The summed E-state index contributed by atoms with van der Waals surface area (Å²) >= 11 is -0.591. The number of nitrogens with one attached hydrogen (secondary N) is 3. The van der Waals surface area contributed by atoms with E-state index in [9.17, 15) is 17.8 Å². The smallest absolute Gasteiger partial charge is 0.280 e. The van der Waals surface area contributed by atoms with Crippen LogP contribution in [0.5, 0.6) is 5.75 Å². The Balaban J connectivity index is 1.57. The van der Waals surface area contributed by atoms with E-state index in [0.717, 1.165) is 12.8 Å². The third-order valence-electron chi connectivity index (χ3n) is 5.55. The molecule has 2 unspecified atom stereocenters. The van der Waals surface area contributed by atoms with Gasteiger partial charge in [-0.3, -0.25) is 20.5 Å². The molecule has 1 amide bonds. The van der Waals surface area contributed by atoms with Gasteiger partial charge in [-0.15, -0.1) is 0 Å². The molecule has 1 aliphatic carbocycles. The number of anilines is 1. The maximum Gasteiger partial charge on any atom is 0.280 e. The van der Waals surface area contributed by atoms with Crippen LogP contribution < -0.4 is 20.8 Å². The van der Waals surface area contributed by atoms with Crippen molar-refractivity contribution >= 4 is 39.7 Å². The third-order valence-corrected chi connectivity index (χ3v) is 7.07. The summed E-state index contributed by atoms with van der Waals surface area (Å²) in [4.78, 5) is 21.3. The molecule has 0 radical (unpaired) electrons. The number of carbonyl (C=O) groups is 1. The predicted octanol–water partition coefficient (Wildman–Crippen LogP) is 3.58. The van der Waals surface area contributed by atoms with Gasteiger partial charge in [0.15, 0.2) is 21.6 Å². The maximum absolute atomic E-state index is 13.5. The van der Waals surface area contributed by atoms with Crippen LogP contribution in [-0.2, 0) is 11.1 Å². The topological polar surface area (TPSA) is 138 Å². The normalized spacial score (nSPS) is 17.2. The number of carbonyl (C=O) groups excluding carboxylic acids is 1. The van der Waals surface area contributed by atoms with Crippen molar-refractivity contribution < 1.29 is 27.1 Å². The summed E-state index contributed by atoms with van der Waals surface area (Å²) in [6.45, 7) is 0.452. The average Bonchev–Trinajstić information content (AvgIpc) is 3.63. The number of amides is 1. The van der Waals surface area contributed by atoms with Crippen LogP contribution in [0.1, 0.15) is 48.2 Å². The monoisotopic (exact) mass is 564 g/mol. The molecule has 2 aliphatic rings. The molecule has 2 aromatic rings. The molecule has 0 saturated heterocycles. The summed E-state index contributed by atoms with van der Waals surface area (Å²) in [6.07, 6.45) is 3.04. The van der Waals surface area contributed by atoms with E-state index < -0.39 is 29.1 Å². The van der Waals surface area contributed by atoms with Crippen LogP contribution in [0.2, 0.25) is 0 Å². The van der Waals surface area contributed by atoms with Gasteiger partial charge in [0.2, 0.25) is 0 Å². The number of rotatable bonds is 10. The van der Waals surface area contributed by atoms with Gasteiger partial charge in [-0.05, 0) is 49.6 Å². The fraction of sp³-hybridized carbons (Fsp3) is 0.417. The predicted molar refractivity (Wildman–Crippen MR) is 142 cm³/mol. The van der Waals surface area contributed by atoms with Gasteiger partial charge in [0.1, 0.15) is 17.3 Å². The minimum Gasteiger partial charge on any atom is -0.494 e. The number of pyridine rings is 2. The highest BCUT2D eigenvalue weighted by Gasteiger charge is 2.25. The summed E-state index contributed by atoms with van der Waals surface area (Å²) in [5.41, 5.74) is 3.07. The first-order valence-electron chi connectivity index (χ1n) is 11.8. The van der Waals surface area contributed by atoms with Crippen molar-refractivity contribution in [2.75, 3.05) is 24.7 Å². The molecule has 14 heteroatoms. The van der Waals surface area contributed by atoms with Crippen molar-refractivity contribution in [3.8, 4) is 28.7 Å². The molecular weight excluding hydrogens is 538 g/mol. The molecule has 2 atom stereocenters. The molecule has 0 bridgehead atoms. The fourth-order valence-corrected chi connectivity index (χ4v) is 4.62. The maximum atomic E-state index is 13.5. The Morgan fingerprint density at radius 3 is 2.79 bits per heavy atom. The first kappa shape index (κ1) is 27.7. The van der Waals surface area contributed by atoms with Gasteiger partial charge in [0.05, 0.1) is 18.9 Å². The number of amidine groups is 1. The number of hydrogen-bond acceptors (Lipinski definition) is 9. The molecule has 0 spiro atoms. The largest absolute Gasteiger partial charge is 0.494 e. The number of hydrazone groups is 1. The van der Waals surface area contributed by atoms with Crippen molar-refractivity contribution in [2.24, 2.45) is 11.0 Å². The van der Waals surface area contributed by atoms with Crippen LogP contribution >= 0.6 is 11.8 Å². The van der Waals surface area contributed by atoms with Crippen LogP contribution in [-0.4, -0.2) is 54.6 Å². The standard InChI is InChI=1S/C24H26F2N6O4S2/c1-36-19-13-28-18(22(25)26)10-16(19)15-11-20(27-8-2-3-9-38(34)35)29-12-17(15)23(33)30-24-32-31-21(37-24)7-6-14-4-5-14/h10-14,21-22,31H,2-5,8-9H2,1H3,(H,27,29)(H,34,35)(H,30,32,33). The van der Waals surface area contributed by atoms with Crippen LogP contribution in [0, 0.1) is 17.8 Å². The summed E-state index contributed by atoms with van der Waals surface area (Å²) in [5.74, 6) is 6.90. The lowest BCUT2D eigenvalue weighted by Crippen LogP contribution is -2.28. The van der Waals surface area contributed by atoms with Gasteiger partial charge in [0.25, 0.3) is 12.3 Å². The molecule has 1 saturated carbocycles. The highest BCUT2D eigenvalue weighted by molar-refractivity contribution is 8.14. The first-order valence-corrected chi connectivity index (χ1v) is 14.0. The lowest BCUT2D eigenvalue weighted by atomic mass is 10.00. The van der Waals surface area contributed by atoms with E-state index >= 15 is 0 Å². The minimum atomic E-state index is -2.82. The van der Waals surface area contributed by atoms with Crippen molar-refractivity contribution in [3.63, 3.8) is 0 Å². The summed E-state index contributed by atoms with van der Waals surface area (Å²) in [5, 5.41) is 10.0. The molecular formula is C24H26F2N6O4S2. The molecule has 3 heterocycles. The molecule has 202 valence electrons. The Morgan fingerprint density at radius 2 is 2.08 bits per heavy atom. The zero-order chi connectivity index (χ0) is 27.1. The number of halogens is 2. The Morgan fingerprint density at radius 1 is 1.26 bits per heavy atom. The van der Waals surface area contributed by atoms with Gasteiger partial charge in [0, 0.05) is 35.5 Å². The Kier molecular flexibility index (Phi) is 9.48. The molecule has 1 aliphatic heterocycles. The van der Waals surface area contributed by atoms with E-state index in [4.69, 9.17) is 9.29 Å². The molecule has 4 N–H and O–H groups in total. The Labute approximate surface area is 225 Å². The molecule has 1 fully saturated rings. The summed E-state index contributed by atoms with van der Waals surface area (Å²) in [6, 6.07) is 2.75. The van der Waals surface area contributed by atoms with Gasteiger partial charge in [-0.2, -0.15) is 5.10 Å². The SMILES string of the molecule is COc1cnc(C(F)F)cc1-c1cc(NCCCCS(=O)O)ncc1C(=O)NC1=NNC(C#CC2CC2)S1. The van der Waals surface area contributed by atoms with Gasteiger partial charge < -0.3 is 14.6 Å². The van der Waals surface area contributed by atoms with Crippen LogP contribution in [0.3, 0.4) is 0 Å². The summed E-state index contributed by atoms with van der Waals surface area (Å²) < 4.78 is 52.0. The second-order valence-corrected chi connectivity index (χ2v) is 10.6. The zero-order valence-corrected chi connectivity index (χ0v) is 22.0. The molecule has 38 heavy (non-hydrogen) atoms. The minimum absolute atomic E-state index is 0.117. The number of unbranched alkanes of at least 4 members (excludes halogenated alkanes) is 1. The number of nitrogens with zero attached hydrogens (tertiary/aromatic N) is 3. The lowest BCUT2D eigenvalue weighted by Gasteiger charge is -2.15. The van der Waals surface area contributed by atoms with Crippen molar-refractivity contribution in [2.45, 2.75) is 37.5 Å². The highest BCUT2D eigenvalue weighted by atomic mass is 32.2. The fourth-order valence-electron chi connectivity index (χ4n) is 3.46. The molecule has 4 rings (SSSR count). The quantitative estimate of drug-likeness (QED) is 0.194. The second-order valence-electron chi connectivity index (χ2n) is 8.45. The van der Waals surface area contributed by atoms with Gasteiger partial charge in [-0.1, -0.05) is 11.8 Å². The van der Waals surface area contributed by atoms with E-state index in [1.54, 1.807) is 6.07 Å². The second kappa shape index (κ2) is 13.0. The number of ether oxygens (including phenoxy) is 1. The van der Waals surface area contributed by atoms with Crippen molar-refractivity contribution in [1.82, 2.24) is 20.7 Å². The first-order chi connectivity index (χ1) is 18.3. The lowest BCUT2D eigenvalue weighted by molar-refractivity contribution is 0.0978. The summed E-state index contributed by atoms with van der Waals surface area (Å²) in [7, 11) is 1.38. The number of methoxy groups -OCH3 is 1. The van der Waals surface area contributed by atoms with Crippen molar-refractivity contribution in [3.05, 3.63) is 35.8 Å². The number of hydrogen-bond donors (Lipinski definition) is 4. The van der Waals surface area contributed by atoms with Gasteiger partial charge >= 0.3 is 0 Å². The van der Waals surface area contributed by atoms with E-state index in [0.29, 0.717) is 41.9 Å². The molecule has 10 nitrogen and oxygen atoms in total. The molecule has 0 aromatic carbocycles. The highest BCUT2D eigenvalue weighted by Crippen LogP contribution is 2.35. The van der Waals surface area contributed by atoms with E-state index in [1.807, 2.05) is 0 Å².